The molecule has 1 aliphatic rings. The molecule has 0 aromatic carbocycles. The van der Waals surface area contributed by atoms with Gasteiger partial charge in [-0.25, -0.2) is 0 Å². The summed E-state index contributed by atoms with van der Waals surface area (Å²) < 4.78 is 0. The summed E-state index contributed by atoms with van der Waals surface area (Å²) in [6.45, 7) is 9.73. The maximum absolute atomic E-state index is 5.68. The Kier molecular flexibility index (Phi) is 5.99. The summed E-state index contributed by atoms with van der Waals surface area (Å²) in [6.07, 6.45) is 5.18. The number of unbranched alkanes of at least 4 members (excludes halogenated alkanes) is 2. The predicted octanol–water partition coefficient (Wildman–Crippen LogP) is 3.76. The Morgan fingerprint density at radius 3 is 2.53 bits per heavy atom. The van der Waals surface area contributed by atoms with E-state index in [-0.39, 0.29) is 0 Å². The Hall–Kier alpha value is 0.250. The van der Waals surface area contributed by atoms with Gasteiger partial charge in [0.25, 0.3) is 0 Å². The van der Waals surface area contributed by atoms with Crippen molar-refractivity contribution >= 4 is 11.6 Å². The third-order valence-corrected chi connectivity index (χ3v) is 4.07. The minimum Gasteiger partial charge on any atom is -0.300 e. The molecule has 90 valence electrons. The summed E-state index contributed by atoms with van der Waals surface area (Å²) in [5.41, 5.74) is 0. The second kappa shape index (κ2) is 6.75. The van der Waals surface area contributed by atoms with Crippen LogP contribution in [0.3, 0.4) is 0 Å². The van der Waals surface area contributed by atoms with E-state index in [9.17, 15) is 0 Å². The van der Waals surface area contributed by atoms with E-state index in [1.807, 2.05) is 0 Å². The molecule has 1 aliphatic heterocycles. The average Bonchev–Trinajstić information content (AvgIpc) is 2.19. The lowest BCUT2D eigenvalue weighted by molar-refractivity contribution is 0.0782. The Balaban J connectivity index is 2.26. The van der Waals surface area contributed by atoms with Gasteiger partial charge in [-0.1, -0.05) is 20.3 Å². The van der Waals surface area contributed by atoms with Gasteiger partial charge in [0.15, 0.2) is 0 Å². The van der Waals surface area contributed by atoms with Crippen LogP contribution < -0.4 is 0 Å². The van der Waals surface area contributed by atoms with Crippen molar-refractivity contribution < 1.29 is 0 Å². The summed E-state index contributed by atoms with van der Waals surface area (Å²) >= 11 is 5.68. The van der Waals surface area contributed by atoms with Gasteiger partial charge in [-0.15, -0.1) is 11.6 Å². The number of rotatable bonds is 5. The second-order valence-corrected chi connectivity index (χ2v) is 5.68. The fourth-order valence-corrected chi connectivity index (χ4v) is 2.90. The van der Waals surface area contributed by atoms with Gasteiger partial charge in [0.05, 0.1) is 0 Å². The van der Waals surface area contributed by atoms with Crippen molar-refractivity contribution in [1.29, 1.82) is 0 Å². The van der Waals surface area contributed by atoms with Gasteiger partial charge in [-0.05, 0) is 44.6 Å². The Morgan fingerprint density at radius 2 is 1.87 bits per heavy atom. The molecule has 0 N–H and O–H groups in total. The first-order valence-corrected chi connectivity index (χ1v) is 6.98. The highest BCUT2D eigenvalue weighted by Crippen LogP contribution is 2.26. The minimum atomic E-state index is 0.775. The lowest BCUT2D eigenvalue weighted by atomic mass is 9.86. The van der Waals surface area contributed by atoms with Gasteiger partial charge in [0, 0.05) is 18.5 Å². The lowest BCUT2D eigenvalue weighted by Gasteiger charge is -2.41. The van der Waals surface area contributed by atoms with Crippen LogP contribution in [0.1, 0.15) is 46.5 Å². The number of piperidine rings is 1. The molecule has 1 rings (SSSR count). The molecule has 0 spiro atoms. The summed E-state index contributed by atoms with van der Waals surface area (Å²) in [5.74, 6) is 2.56. The molecule has 1 fully saturated rings. The summed E-state index contributed by atoms with van der Waals surface area (Å²) in [6, 6.07) is 0.775. The third kappa shape index (κ3) is 4.32. The smallest absolute Gasteiger partial charge is 0.0223 e. The van der Waals surface area contributed by atoms with Crippen LogP contribution in [0.4, 0.5) is 0 Å². The molecule has 0 aromatic heterocycles. The Labute approximate surface area is 100 Å². The normalized spacial score (nSPS) is 33.2. The van der Waals surface area contributed by atoms with Crippen molar-refractivity contribution in [1.82, 2.24) is 4.90 Å². The van der Waals surface area contributed by atoms with Crippen LogP contribution in [0, 0.1) is 11.8 Å². The van der Waals surface area contributed by atoms with Crippen LogP contribution in [0.5, 0.6) is 0 Å². The standard InChI is InChI=1S/C13H26ClN/c1-11-9-12(2)13(3)15(10-11)8-6-4-5-7-14/h11-13H,4-10H2,1-3H3. The van der Waals surface area contributed by atoms with Gasteiger partial charge < -0.3 is 4.90 Å². The molecule has 0 amide bonds. The van der Waals surface area contributed by atoms with Crippen LogP contribution in [-0.2, 0) is 0 Å². The number of hydrogen-bond acceptors (Lipinski definition) is 1. The van der Waals surface area contributed by atoms with Crippen molar-refractivity contribution in [3.8, 4) is 0 Å². The van der Waals surface area contributed by atoms with E-state index in [1.54, 1.807) is 0 Å². The molecular weight excluding hydrogens is 206 g/mol. The zero-order chi connectivity index (χ0) is 11.3. The van der Waals surface area contributed by atoms with E-state index >= 15 is 0 Å². The zero-order valence-corrected chi connectivity index (χ0v) is 11.3. The summed E-state index contributed by atoms with van der Waals surface area (Å²) in [4.78, 5) is 2.67. The van der Waals surface area contributed by atoms with Crippen molar-refractivity contribution in [3.63, 3.8) is 0 Å². The Bertz CT molecular complexity index is 172. The maximum atomic E-state index is 5.68. The molecule has 1 nitrogen and oxygen atoms in total. The third-order valence-electron chi connectivity index (χ3n) is 3.80. The van der Waals surface area contributed by atoms with Gasteiger partial charge in [-0.2, -0.15) is 0 Å². The second-order valence-electron chi connectivity index (χ2n) is 5.30. The van der Waals surface area contributed by atoms with Gasteiger partial charge in [-0.3, -0.25) is 0 Å². The molecule has 15 heavy (non-hydrogen) atoms. The SMILES string of the molecule is CC1CC(C)C(C)N(CCCCCCl)C1. The molecule has 0 aromatic rings. The number of alkyl halides is 1. The maximum Gasteiger partial charge on any atom is 0.0223 e. The first-order chi connectivity index (χ1) is 7.15. The van der Waals surface area contributed by atoms with Crippen molar-refractivity contribution in [3.05, 3.63) is 0 Å². The van der Waals surface area contributed by atoms with Crippen LogP contribution in [0.25, 0.3) is 0 Å². The van der Waals surface area contributed by atoms with E-state index in [0.29, 0.717) is 0 Å². The first-order valence-electron chi connectivity index (χ1n) is 6.45. The molecule has 2 heteroatoms. The number of nitrogens with zero attached hydrogens (tertiary/aromatic N) is 1. The average molecular weight is 232 g/mol. The molecule has 0 bridgehead atoms. The van der Waals surface area contributed by atoms with Crippen molar-refractivity contribution in [2.45, 2.75) is 52.5 Å². The van der Waals surface area contributed by atoms with Crippen LogP contribution in [0.15, 0.2) is 0 Å². The van der Waals surface area contributed by atoms with Crippen molar-refractivity contribution in [2.24, 2.45) is 11.8 Å². The van der Waals surface area contributed by atoms with E-state index in [2.05, 4.69) is 25.7 Å². The highest BCUT2D eigenvalue weighted by Gasteiger charge is 2.27. The fraction of sp³-hybridized carbons (Fsp3) is 1.00. The predicted molar refractivity (Wildman–Crippen MR) is 68.6 cm³/mol. The molecular formula is C13H26ClN. The minimum absolute atomic E-state index is 0.775. The van der Waals surface area contributed by atoms with Gasteiger partial charge >= 0.3 is 0 Å². The molecule has 1 saturated heterocycles. The summed E-state index contributed by atoms with van der Waals surface area (Å²) in [7, 11) is 0. The summed E-state index contributed by atoms with van der Waals surface area (Å²) in [5, 5.41) is 0. The van der Waals surface area contributed by atoms with Gasteiger partial charge in [0.2, 0.25) is 0 Å². The molecule has 0 radical (unpaired) electrons. The van der Waals surface area contributed by atoms with Gasteiger partial charge in [0.1, 0.15) is 0 Å². The Morgan fingerprint density at radius 1 is 1.13 bits per heavy atom. The zero-order valence-electron chi connectivity index (χ0n) is 10.5. The van der Waals surface area contributed by atoms with Crippen molar-refractivity contribution in [2.75, 3.05) is 19.0 Å². The monoisotopic (exact) mass is 231 g/mol. The highest BCUT2D eigenvalue weighted by atomic mass is 35.5. The first kappa shape index (κ1) is 13.3. The van der Waals surface area contributed by atoms with Crippen LogP contribution in [0.2, 0.25) is 0 Å². The number of halogens is 1. The topological polar surface area (TPSA) is 3.24 Å². The molecule has 3 atom stereocenters. The fourth-order valence-electron chi connectivity index (χ4n) is 2.71. The largest absolute Gasteiger partial charge is 0.300 e. The molecule has 1 heterocycles. The lowest BCUT2D eigenvalue weighted by Crippen LogP contribution is -2.45. The van der Waals surface area contributed by atoms with E-state index in [1.165, 1.54) is 38.8 Å². The van der Waals surface area contributed by atoms with E-state index < -0.39 is 0 Å². The quantitative estimate of drug-likeness (QED) is 0.515. The number of hydrogen-bond donors (Lipinski definition) is 0. The van der Waals surface area contributed by atoms with E-state index in [4.69, 9.17) is 11.6 Å². The van der Waals surface area contributed by atoms with Crippen LogP contribution >= 0.6 is 11.6 Å². The molecule has 0 saturated carbocycles. The van der Waals surface area contributed by atoms with Crippen LogP contribution in [-0.4, -0.2) is 29.9 Å². The molecule has 3 unspecified atom stereocenters. The highest BCUT2D eigenvalue weighted by molar-refractivity contribution is 6.17. The number of likely N-dealkylation sites (tertiary alicyclic amines) is 1. The van der Waals surface area contributed by atoms with E-state index in [0.717, 1.165) is 23.8 Å². The molecule has 0 aliphatic carbocycles.